The fraction of sp³-hybridized carbons (Fsp3) is 0.308. The van der Waals surface area contributed by atoms with Gasteiger partial charge in [0.25, 0.3) is 0 Å². The van der Waals surface area contributed by atoms with Crippen LogP contribution in [0.15, 0.2) is 36.4 Å². The smallest absolute Gasteiger partial charge is 0.0997 e. The van der Waals surface area contributed by atoms with Crippen LogP contribution < -0.4 is 5.73 Å². The van der Waals surface area contributed by atoms with Gasteiger partial charge in [-0.2, -0.15) is 0 Å². The van der Waals surface area contributed by atoms with E-state index in [-0.39, 0.29) is 5.92 Å². The van der Waals surface area contributed by atoms with Crippen LogP contribution in [0.5, 0.6) is 0 Å². The van der Waals surface area contributed by atoms with E-state index in [4.69, 9.17) is 5.73 Å². The summed E-state index contributed by atoms with van der Waals surface area (Å²) in [4.78, 5) is 4.44. The molecule has 84 valence electrons. The minimum Gasteiger partial charge on any atom is -0.386 e. The predicted molar refractivity (Wildman–Crippen MR) is 64.9 cm³/mol. The molecule has 0 fully saturated rings. The minimum absolute atomic E-state index is 0.0219. The Kier molecular flexibility index (Phi) is 3.17. The van der Waals surface area contributed by atoms with Crippen LogP contribution in [0.1, 0.15) is 18.7 Å². The Balaban J connectivity index is 2.39. The summed E-state index contributed by atoms with van der Waals surface area (Å²) < 4.78 is 0. The third kappa shape index (κ3) is 2.05. The number of nitrogens with zero attached hydrogens (tertiary/aromatic N) is 1. The lowest BCUT2D eigenvalue weighted by molar-refractivity contribution is 0.118. The number of benzene rings is 1. The summed E-state index contributed by atoms with van der Waals surface area (Å²) in [6, 6.07) is 11.7. The van der Waals surface area contributed by atoms with Gasteiger partial charge in [-0.05, 0) is 24.6 Å². The van der Waals surface area contributed by atoms with E-state index in [0.29, 0.717) is 12.2 Å². The van der Waals surface area contributed by atoms with Gasteiger partial charge in [-0.1, -0.05) is 31.2 Å². The first-order chi connectivity index (χ1) is 7.72. The predicted octanol–water partition coefficient (Wildman–Crippen LogP) is 1.86. The molecule has 0 saturated heterocycles. The maximum absolute atomic E-state index is 10.0. The average molecular weight is 216 g/mol. The lowest BCUT2D eigenvalue weighted by atomic mass is 10.0. The fourth-order valence-corrected chi connectivity index (χ4v) is 1.67. The molecule has 16 heavy (non-hydrogen) atoms. The Morgan fingerprint density at radius 3 is 2.75 bits per heavy atom. The van der Waals surface area contributed by atoms with E-state index >= 15 is 0 Å². The van der Waals surface area contributed by atoms with Crippen molar-refractivity contribution in [1.82, 2.24) is 4.98 Å². The quantitative estimate of drug-likeness (QED) is 0.823. The summed E-state index contributed by atoms with van der Waals surface area (Å²) >= 11 is 0. The zero-order chi connectivity index (χ0) is 11.5. The molecular weight excluding hydrogens is 200 g/mol. The molecule has 2 atom stereocenters. The zero-order valence-corrected chi connectivity index (χ0v) is 9.30. The molecule has 0 saturated carbocycles. The molecule has 0 spiro atoms. The van der Waals surface area contributed by atoms with Gasteiger partial charge in [0.2, 0.25) is 0 Å². The third-order valence-electron chi connectivity index (χ3n) is 2.83. The summed E-state index contributed by atoms with van der Waals surface area (Å²) in [5, 5.41) is 11.1. The molecule has 0 amide bonds. The van der Waals surface area contributed by atoms with Crippen LogP contribution in [0.4, 0.5) is 0 Å². The van der Waals surface area contributed by atoms with Crippen molar-refractivity contribution in [2.24, 2.45) is 11.7 Å². The van der Waals surface area contributed by atoms with Gasteiger partial charge in [-0.25, -0.2) is 0 Å². The topological polar surface area (TPSA) is 59.1 Å². The van der Waals surface area contributed by atoms with Crippen molar-refractivity contribution < 1.29 is 5.11 Å². The highest BCUT2D eigenvalue weighted by molar-refractivity contribution is 5.78. The largest absolute Gasteiger partial charge is 0.386 e. The van der Waals surface area contributed by atoms with Gasteiger partial charge in [-0.15, -0.1) is 0 Å². The van der Waals surface area contributed by atoms with E-state index in [9.17, 15) is 5.11 Å². The minimum atomic E-state index is -0.588. The second kappa shape index (κ2) is 4.60. The monoisotopic (exact) mass is 216 g/mol. The number of hydrogen-bond acceptors (Lipinski definition) is 3. The number of pyridine rings is 1. The van der Waals surface area contributed by atoms with Crippen molar-refractivity contribution in [3.63, 3.8) is 0 Å². The lowest BCUT2D eigenvalue weighted by Crippen LogP contribution is -2.19. The van der Waals surface area contributed by atoms with Crippen LogP contribution in [0, 0.1) is 5.92 Å². The van der Waals surface area contributed by atoms with Gasteiger partial charge in [-0.3, -0.25) is 4.98 Å². The number of aliphatic hydroxyl groups is 1. The summed E-state index contributed by atoms with van der Waals surface area (Å²) in [5.74, 6) is 0.0219. The number of rotatable bonds is 3. The molecule has 3 nitrogen and oxygen atoms in total. The molecule has 2 aromatic rings. The fourth-order valence-electron chi connectivity index (χ4n) is 1.67. The number of aliphatic hydroxyl groups excluding tert-OH is 1. The van der Waals surface area contributed by atoms with Crippen LogP contribution >= 0.6 is 0 Å². The second-order valence-corrected chi connectivity index (χ2v) is 4.09. The van der Waals surface area contributed by atoms with Gasteiger partial charge in [0, 0.05) is 5.39 Å². The number of para-hydroxylation sites is 1. The van der Waals surface area contributed by atoms with Gasteiger partial charge in [0.1, 0.15) is 0 Å². The Morgan fingerprint density at radius 1 is 1.25 bits per heavy atom. The van der Waals surface area contributed by atoms with Crippen molar-refractivity contribution in [1.29, 1.82) is 0 Å². The SMILES string of the molecule is CC(CN)C(O)c1ccc2ccccc2n1. The van der Waals surface area contributed by atoms with E-state index in [0.717, 1.165) is 10.9 Å². The van der Waals surface area contributed by atoms with Crippen LogP contribution in [-0.2, 0) is 0 Å². The highest BCUT2D eigenvalue weighted by Crippen LogP contribution is 2.21. The molecule has 1 heterocycles. The first-order valence-electron chi connectivity index (χ1n) is 5.46. The van der Waals surface area contributed by atoms with Crippen molar-refractivity contribution in [3.05, 3.63) is 42.1 Å². The summed E-state index contributed by atoms with van der Waals surface area (Å²) in [6.07, 6.45) is -0.588. The molecular formula is C13H16N2O. The second-order valence-electron chi connectivity index (χ2n) is 4.09. The Labute approximate surface area is 94.9 Å². The van der Waals surface area contributed by atoms with Crippen LogP contribution in [0.2, 0.25) is 0 Å². The molecule has 0 aliphatic heterocycles. The average Bonchev–Trinajstić information content (AvgIpc) is 2.36. The molecule has 0 aliphatic rings. The molecule has 2 unspecified atom stereocenters. The summed E-state index contributed by atoms with van der Waals surface area (Å²) in [5.41, 5.74) is 7.13. The van der Waals surface area contributed by atoms with Crippen molar-refractivity contribution in [3.8, 4) is 0 Å². The molecule has 0 bridgehead atoms. The van der Waals surface area contributed by atoms with Gasteiger partial charge in [0.15, 0.2) is 0 Å². The van der Waals surface area contributed by atoms with Crippen molar-refractivity contribution in [2.45, 2.75) is 13.0 Å². The van der Waals surface area contributed by atoms with Crippen LogP contribution in [0.25, 0.3) is 10.9 Å². The van der Waals surface area contributed by atoms with E-state index in [1.807, 2.05) is 43.3 Å². The highest BCUT2D eigenvalue weighted by Gasteiger charge is 2.16. The molecule has 3 heteroatoms. The van der Waals surface area contributed by atoms with Crippen molar-refractivity contribution >= 4 is 10.9 Å². The molecule has 1 aromatic carbocycles. The van der Waals surface area contributed by atoms with E-state index in [1.54, 1.807) is 0 Å². The Morgan fingerprint density at radius 2 is 2.00 bits per heavy atom. The number of fused-ring (bicyclic) bond motifs is 1. The molecule has 0 aliphatic carbocycles. The van der Waals surface area contributed by atoms with Gasteiger partial charge in [0.05, 0.1) is 17.3 Å². The van der Waals surface area contributed by atoms with Gasteiger partial charge < -0.3 is 10.8 Å². The number of nitrogens with two attached hydrogens (primary N) is 1. The molecule has 1 aromatic heterocycles. The first-order valence-corrected chi connectivity index (χ1v) is 5.46. The molecule has 0 radical (unpaired) electrons. The van der Waals surface area contributed by atoms with Crippen LogP contribution in [0.3, 0.4) is 0 Å². The van der Waals surface area contributed by atoms with E-state index < -0.39 is 6.10 Å². The Hall–Kier alpha value is -1.45. The lowest BCUT2D eigenvalue weighted by Gasteiger charge is -2.16. The summed E-state index contributed by atoms with van der Waals surface area (Å²) in [6.45, 7) is 2.37. The Bertz CT molecular complexity index is 484. The number of aromatic nitrogens is 1. The maximum Gasteiger partial charge on any atom is 0.0997 e. The first kappa shape index (κ1) is 11.0. The number of hydrogen-bond donors (Lipinski definition) is 2. The standard InChI is InChI=1S/C13H16N2O/c1-9(8-14)13(16)12-7-6-10-4-2-3-5-11(10)15-12/h2-7,9,13,16H,8,14H2,1H3. The third-order valence-corrected chi connectivity index (χ3v) is 2.83. The van der Waals surface area contributed by atoms with Gasteiger partial charge >= 0.3 is 0 Å². The zero-order valence-electron chi connectivity index (χ0n) is 9.30. The van der Waals surface area contributed by atoms with Crippen molar-refractivity contribution in [2.75, 3.05) is 6.54 Å². The highest BCUT2D eigenvalue weighted by atomic mass is 16.3. The normalized spacial score (nSPS) is 14.9. The van der Waals surface area contributed by atoms with E-state index in [1.165, 1.54) is 0 Å². The van der Waals surface area contributed by atoms with Crippen LogP contribution in [-0.4, -0.2) is 16.6 Å². The maximum atomic E-state index is 10.0. The summed E-state index contributed by atoms with van der Waals surface area (Å²) in [7, 11) is 0. The molecule has 2 rings (SSSR count). The van der Waals surface area contributed by atoms with E-state index in [2.05, 4.69) is 4.98 Å². The molecule has 3 N–H and O–H groups in total.